The molecular formula is C21H17F3O. The molecule has 0 N–H and O–H groups in total. The van der Waals surface area contributed by atoms with E-state index < -0.39 is 11.7 Å². The Kier molecular flexibility index (Phi) is 4.79. The van der Waals surface area contributed by atoms with Crippen molar-refractivity contribution in [1.29, 1.82) is 0 Å². The van der Waals surface area contributed by atoms with Crippen LogP contribution < -0.4 is 4.74 Å². The molecule has 25 heavy (non-hydrogen) atoms. The first-order valence-electron chi connectivity index (χ1n) is 7.98. The van der Waals surface area contributed by atoms with E-state index in [4.69, 9.17) is 4.74 Å². The summed E-state index contributed by atoms with van der Waals surface area (Å²) in [5.74, 6) is 0.810. The molecule has 0 spiro atoms. The molecule has 3 aromatic carbocycles. The molecule has 0 aliphatic rings. The highest BCUT2D eigenvalue weighted by Gasteiger charge is 2.29. The van der Waals surface area contributed by atoms with Gasteiger partial charge < -0.3 is 4.74 Å². The number of rotatable bonds is 4. The first-order valence-corrected chi connectivity index (χ1v) is 7.98. The Morgan fingerprint density at radius 1 is 0.720 bits per heavy atom. The van der Waals surface area contributed by atoms with E-state index in [0.717, 1.165) is 40.1 Å². The van der Waals surface area contributed by atoms with Gasteiger partial charge in [0.25, 0.3) is 0 Å². The van der Waals surface area contributed by atoms with E-state index in [1.807, 2.05) is 55.5 Å². The first-order chi connectivity index (χ1) is 12.0. The molecule has 3 aromatic rings. The summed E-state index contributed by atoms with van der Waals surface area (Å²) < 4.78 is 43.5. The van der Waals surface area contributed by atoms with Crippen LogP contribution in [-0.2, 0) is 6.18 Å². The Labute approximate surface area is 144 Å². The van der Waals surface area contributed by atoms with Crippen molar-refractivity contribution in [2.45, 2.75) is 13.1 Å². The molecule has 0 radical (unpaired) electrons. The largest absolute Gasteiger partial charge is 0.494 e. The summed E-state index contributed by atoms with van der Waals surface area (Å²) in [5.41, 5.74) is 3.01. The third-order valence-electron chi connectivity index (χ3n) is 3.91. The molecule has 0 fully saturated rings. The Morgan fingerprint density at radius 2 is 1.24 bits per heavy atom. The molecule has 0 bridgehead atoms. The maximum atomic E-state index is 12.7. The molecule has 0 amide bonds. The number of halogens is 3. The topological polar surface area (TPSA) is 9.23 Å². The fourth-order valence-electron chi connectivity index (χ4n) is 2.64. The van der Waals surface area contributed by atoms with E-state index in [1.54, 1.807) is 0 Å². The summed E-state index contributed by atoms with van der Waals surface area (Å²) in [7, 11) is 0. The van der Waals surface area contributed by atoms with Gasteiger partial charge in [-0.15, -0.1) is 0 Å². The van der Waals surface area contributed by atoms with E-state index in [0.29, 0.717) is 6.61 Å². The van der Waals surface area contributed by atoms with Crippen molar-refractivity contribution < 1.29 is 17.9 Å². The molecule has 0 aliphatic carbocycles. The molecule has 4 heteroatoms. The predicted octanol–water partition coefficient (Wildman–Crippen LogP) is 6.44. The molecule has 0 heterocycles. The van der Waals surface area contributed by atoms with Crippen molar-refractivity contribution in [1.82, 2.24) is 0 Å². The summed E-state index contributed by atoms with van der Waals surface area (Å²) in [5, 5.41) is 0. The maximum Gasteiger partial charge on any atom is 0.416 e. The smallest absolute Gasteiger partial charge is 0.416 e. The second-order valence-corrected chi connectivity index (χ2v) is 5.61. The second kappa shape index (κ2) is 7.01. The third-order valence-corrected chi connectivity index (χ3v) is 3.91. The van der Waals surface area contributed by atoms with Crippen LogP contribution in [0.5, 0.6) is 5.75 Å². The highest BCUT2D eigenvalue weighted by Crippen LogP contribution is 2.32. The van der Waals surface area contributed by atoms with Gasteiger partial charge in [-0.1, -0.05) is 42.5 Å². The van der Waals surface area contributed by atoms with Gasteiger partial charge in [-0.2, -0.15) is 13.2 Å². The average molecular weight is 342 g/mol. The summed E-state index contributed by atoms with van der Waals surface area (Å²) in [6.07, 6.45) is -4.32. The predicted molar refractivity (Wildman–Crippen MR) is 93.5 cm³/mol. The molecule has 0 saturated heterocycles. The lowest BCUT2D eigenvalue weighted by atomic mass is 9.98. The van der Waals surface area contributed by atoms with E-state index in [9.17, 15) is 13.2 Å². The molecule has 0 saturated carbocycles. The van der Waals surface area contributed by atoms with Crippen molar-refractivity contribution in [3.63, 3.8) is 0 Å². The van der Waals surface area contributed by atoms with Gasteiger partial charge >= 0.3 is 6.18 Å². The highest BCUT2D eigenvalue weighted by molar-refractivity contribution is 5.73. The van der Waals surface area contributed by atoms with Gasteiger partial charge in [-0.05, 0) is 59.5 Å². The van der Waals surface area contributed by atoms with E-state index in [2.05, 4.69) is 0 Å². The van der Waals surface area contributed by atoms with Gasteiger partial charge in [-0.3, -0.25) is 0 Å². The quantitative estimate of drug-likeness (QED) is 0.530. The van der Waals surface area contributed by atoms with Crippen molar-refractivity contribution in [2.75, 3.05) is 6.61 Å². The second-order valence-electron chi connectivity index (χ2n) is 5.61. The molecule has 0 atom stereocenters. The van der Waals surface area contributed by atoms with Crippen molar-refractivity contribution in [3.05, 3.63) is 78.4 Å². The summed E-state index contributed by atoms with van der Waals surface area (Å²) in [6, 6.07) is 20.7. The van der Waals surface area contributed by atoms with E-state index >= 15 is 0 Å². The first kappa shape index (κ1) is 17.1. The van der Waals surface area contributed by atoms with Gasteiger partial charge in [-0.25, -0.2) is 0 Å². The lowest BCUT2D eigenvalue weighted by Gasteiger charge is -2.09. The van der Waals surface area contributed by atoms with Crippen molar-refractivity contribution in [3.8, 4) is 28.0 Å². The molecule has 0 unspecified atom stereocenters. The number of hydrogen-bond acceptors (Lipinski definition) is 1. The van der Waals surface area contributed by atoms with Crippen LogP contribution in [0.4, 0.5) is 13.2 Å². The minimum absolute atomic E-state index is 0.614. The van der Waals surface area contributed by atoms with Crippen molar-refractivity contribution >= 4 is 0 Å². The Morgan fingerprint density at radius 3 is 1.72 bits per heavy atom. The minimum Gasteiger partial charge on any atom is -0.494 e. The Bertz CT molecular complexity index is 834. The van der Waals surface area contributed by atoms with Crippen LogP contribution in [0.1, 0.15) is 12.5 Å². The standard InChI is InChI=1S/C21H17F3O/c1-2-25-20-12-8-16(9-13-20)18-5-3-4-17(14-18)15-6-10-19(11-7-15)21(22,23)24/h3-14H,2H2,1H3. The summed E-state index contributed by atoms with van der Waals surface area (Å²) >= 11 is 0. The maximum absolute atomic E-state index is 12.7. The zero-order chi connectivity index (χ0) is 17.9. The molecule has 0 aromatic heterocycles. The van der Waals surface area contributed by atoms with E-state index in [-0.39, 0.29) is 0 Å². The van der Waals surface area contributed by atoms with Crippen LogP contribution in [0, 0.1) is 0 Å². The van der Waals surface area contributed by atoms with Crippen LogP contribution in [0.2, 0.25) is 0 Å². The fraction of sp³-hybridized carbons (Fsp3) is 0.143. The molecule has 128 valence electrons. The normalized spacial score (nSPS) is 11.4. The Hall–Kier alpha value is -2.75. The number of ether oxygens (including phenoxy) is 1. The SMILES string of the molecule is CCOc1ccc(-c2cccc(-c3ccc(C(F)(F)F)cc3)c2)cc1. The van der Waals surface area contributed by atoms with Crippen LogP contribution in [0.15, 0.2) is 72.8 Å². The van der Waals surface area contributed by atoms with Crippen LogP contribution >= 0.6 is 0 Å². The summed E-state index contributed by atoms with van der Waals surface area (Å²) in [4.78, 5) is 0. The van der Waals surface area contributed by atoms with Gasteiger partial charge in [0, 0.05) is 0 Å². The average Bonchev–Trinajstić information content (AvgIpc) is 2.62. The van der Waals surface area contributed by atoms with Crippen LogP contribution in [-0.4, -0.2) is 6.61 Å². The lowest BCUT2D eigenvalue weighted by molar-refractivity contribution is -0.137. The van der Waals surface area contributed by atoms with Crippen LogP contribution in [0.3, 0.4) is 0 Å². The highest BCUT2D eigenvalue weighted by atomic mass is 19.4. The van der Waals surface area contributed by atoms with E-state index in [1.165, 1.54) is 12.1 Å². The van der Waals surface area contributed by atoms with Gasteiger partial charge in [0.05, 0.1) is 12.2 Å². The molecule has 0 aliphatic heterocycles. The lowest BCUT2D eigenvalue weighted by Crippen LogP contribution is -2.03. The van der Waals surface area contributed by atoms with Gasteiger partial charge in [0.15, 0.2) is 0 Å². The summed E-state index contributed by atoms with van der Waals surface area (Å²) in [6.45, 7) is 2.55. The zero-order valence-corrected chi connectivity index (χ0v) is 13.7. The molecular weight excluding hydrogens is 325 g/mol. The zero-order valence-electron chi connectivity index (χ0n) is 13.7. The minimum atomic E-state index is -4.32. The fourth-order valence-corrected chi connectivity index (χ4v) is 2.64. The number of benzene rings is 3. The third kappa shape index (κ3) is 4.02. The van der Waals surface area contributed by atoms with Gasteiger partial charge in [0.2, 0.25) is 0 Å². The Balaban J connectivity index is 1.88. The monoisotopic (exact) mass is 342 g/mol. The number of hydrogen-bond donors (Lipinski definition) is 0. The van der Waals surface area contributed by atoms with Crippen LogP contribution in [0.25, 0.3) is 22.3 Å². The molecule has 3 rings (SSSR count). The molecule has 1 nitrogen and oxygen atoms in total. The van der Waals surface area contributed by atoms with Gasteiger partial charge in [0.1, 0.15) is 5.75 Å². The van der Waals surface area contributed by atoms with Crippen molar-refractivity contribution in [2.24, 2.45) is 0 Å². The number of alkyl halides is 3.